The van der Waals surface area contributed by atoms with Crippen LogP contribution in [0.25, 0.3) is 0 Å². The molecule has 0 saturated heterocycles. The Bertz CT molecular complexity index is 439. The van der Waals surface area contributed by atoms with Gasteiger partial charge in [-0.2, -0.15) is 5.10 Å². The molecule has 0 aliphatic heterocycles. The molecule has 0 saturated carbocycles. The van der Waals surface area contributed by atoms with Crippen molar-refractivity contribution in [2.45, 2.75) is 26.3 Å². The first-order valence-corrected chi connectivity index (χ1v) is 7.29. The van der Waals surface area contributed by atoms with Crippen LogP contribution in [0.15, 0.2) is 12.4 Å². The van der Waals surface area contributed by atoms with Crippen molar-refractivity contribution in [2.75, 3.05) is 24.1 Å². The van der Waals surface area contributed by atoms with Gasteiger partial charge in [0, 0.05) is 12.2 Å². The van der Waals surface area contributed by atoms with Gasteiger partial charge in [0.05, 0.1) is 17.6 Å². The third kappa shape index (κ3) is 4.74. The molecule has 1 aromatic heterocycles. The van der Waals surface area contributed by atoms with Crippen LogP contribution in [0.3, 0.4) is 0 Å². The van der Waals surface area contributed by atoms with Gasteiger partial charge in [-0.25, -0.2) is 8.42 Å². The average Bonchev–Trinajstić information content (AvgIpc) is 2.65. The van der Waals surface area contributed by atoms with Gasteiger partial charge in [-0.05, 0) is 33.9 Å². The lowest BCUT2D eigenvalue weighted by Crippen LogP contribution is -2.20. The van der Waals surface area contributed by atoms with Crippen LogP contribution in [0.4, 0.5) is 5.69 Å². The first kappa shape index (κ1) is 14.0. The van der Waals surface area contributed by atoms with Crippen molar-refractivity contribution in [3.63, 3.8) is 0 Å². The van der Waals surface area contributed by atoms with E-state index in [2.05, 4.69) is 15.1 Å². The van der Waals surface area contributed by atoms with Crippen molar-refractivity contribution in [1.29, 1.82) is 0 Å². The molecule has 2 N–H and O–H groups in total. The zero-order valence-corrected chi connectivity index (χ0v) is 11.3. The molecule has 0 aliphatic carbocycles. The third-order valence-corrected chi connectivity index (χ3v) is 3.62. The van der Waals surface area contributed by atoms with E-state index >= 15 is 0 Å². The van der Waals surface area contributed by atoms with Gasteiger partial charge in [0.1, 0.15) is 0 Å². The van der Waals surface area contributed by atoms with Crippen LogP contribution in [0.5, 0.6) is 0 Å². The van der Waals surface area contributed by atoms with Crippen molar-refractivity contribution in [1.82, 2.24) is 15.1 Å². The van der Waals surface area contributed by atoms with E-state index in [0.717, 1.165) is 0 Å². The maximum absolute atomic E-state index is 11.7. The highest BCUT2D eigenvalue weighted by Gasteiger charge is 2.11. The van der Waals surface area contributed by atoms with Gasteiger partial charge in [-0.3, -0.25) is 9.40 Å². The molecule has 1 aromatic rings. The average molecular weight is 260 g/mol. The fraction of sp³-hybridized carbons (Fsp3) is 0.700. The van der Waals surface area contributed by atoms with Gasteiger partial charge < -0.3 is 5.32 Å². The maximum Gasteiger partial charge on any atom is 0.232 e. The van der Waals surface area contributed by atoms with Crippen molar-refractivity contribution in [3.8, 4) is 0 Å². The Kier molecular flexibility index (Phi) is 4.95. The summed E-state index contributed by atoms with van der Waals surface area (Å²) in [5, 5.41) is 6.99. The molecule has 0 amide bonds. The predicted molar refractivity (Wildman–Crippen MR) is 68.6 cm³/mol. The van der Waals surface area contributed by atoms with E-state index in [1.165, 1.54) is 6.20 Å². The van der Waals surface area contributed by atoms with Crippen LogP contribution in [0, 0.1) is 0 Å². The molecule has 0 radical (unpaired) electrons. The summed E-state index contributed by atoms with van der Waals surface area (Å²) in [4.78, 5) is 0. The summed E-state index contributed by atoms with van der Waals surface area (Å²) in [5.41, 5.74) is 0.517. The van der Waals surface area contributed by atoms with Crippen molar-refractivity contribution in [3.05, 3.63) is 12.4 Å². The van der Waals surface area contributed by atoms with E-state index in [1.807, 2.05) is 13.8 Å². The fourth-order valence-corrected chi connectivity index (χ4v) is 2.43. The van der Waals surface area contributed by atoms with Crippen LogP contribution in [-0.4, -0.2) is 37.5 Å². The first-order valence-electron chi connectivity index (χ1n) is 5.64. The van der Waals surface area contributed by atoms with Gasteiger partial charge in [-0.1, -0.05) is 0 Å². The highest BCUT2D eigenvalue weighted by Crippen LogP contribution is 2.11. The number of anilines is 1. The summed E-state index contributed by atoms with van der Waals surface area (Å²) in [6, 6.07) is 0.220. The molecular formula is C10H20N4O2S. The molecule has 0 aliphatic rings. The Morgan fingerprint density at radius 2 is 2.18 bits per heavy atom. The van der Waals surface area contributed by atoms with Gasteiger partial charge in [0.15, 0.2) is 0 Å². The van der Waals surface area contributed by atoms with Crippen LogP contribution in [0.2, 0.25) is 0 Å². The lowest BCUT2D eigenvalue weighted by Gasteiger charge is -2.06. The first-order chi connectivity index (χ1) is 7.94. The highest BCUT2D eigenvalue weighted by molar-refractivity contribution is 7.92. The quantitative estimate of drug-likeness (QED) is 0.712. The standard InChI is InChI=1S/C10H20N4O2S/c1-9(2)14-8-10(7-12-14)13-17(15,16)6-4-5-11-3/h7-9,11,13H,4-6H2,1-3H3. The number of hydrogen-bond acceptors (Lipinski definition) is 4. The number of sulfonamides is 1. The van der Waals surface area contributed by atoms with Crippen LogP contribution < -0.4 is 10.0 Å². The minimum Gasteiger partial charge on any atom is -0.320 e. The van der Waals surface area contributed by atoms with Crippen LogP contribution in [0.1, 0.15) is 26.3 Å². The van der Waals surface area contributed by atoms with Crippen molar-refractivity contribution >= 4 is 15.7 Å². The molecule has 98 valence electrons. The van der Waals surface area contributed by atoms with E-state index in [4.69, 9.17) is 0 Å². The number of aromatic nitrogens is 2. The van der Waals surface area contributed by atoms with E-state index in [0.29, 0.717) is 18.7 Å². The normalized spacial score (nSPS) is 12.0. The lowest BCUT2D eigenvalue weighted by atomic mass is 10.4. The van der Waals surface area contributed by atoms with Crippen LogP contribution in [-0.2, 0) is 10.0 Å². The SMILES string of the molecule is CNCCCS(=O)(=O)Nc1cnn(C(C)C)c1. The highest BCUT2D eigenvalue weighted by atomic mass is 32.2. The lowest BCUT2D eigenvalue weighted by molar-refractivity contribution is 0.532. The topological polar surface area (TPSA) is 76.0 Å². The summed E-state index contributed by atoms with van der Waals surface area (Å²) in [7, 11) is -1.46. The fourth-order valence-electron chi connectivity index (χ4n) is 1.34. The van der Waals surface area contributed by atoms with Gasteiger partial charge in [0.25, 0.3) is 0 Å². The monoisotopic (exact) mass is 260 g/mol. The number of nitrogens with one attached hydrogen (secondary N) is 2. The largest absolute Gasteiger partial charge is 0.320 e. The number of nitrogens with zero attached hydrogens (tertiary/aromatic N) is 2. The van der Waals surface area contributed by atoms with E-state index < -0.39 is 10.0 Å². The minimum atomic E-state index is -3.26. The molecule has 7 heteroatoms. The molecule has 0 unspecified atom stereocenters. The van der Waals surface area contributed by atoms with E-state index in [9.17, 15) is 8.42 Å². The maximum atomic E-state index is 11.7. The predicted octanol–water partition coefficient (Wildman–Crippen LogP) is 0.815. The third-order valence-electron chi connectivity index (χ3n) is 2.24. The van der Waals surface area contributed by atoms with Gasteiger partial charge >= 0.3 is 0 Å². The Balaban J connectivity index is 2.57. The number of hydrogen-bond donors (Lipinski definition) is 2. The summed E-state index contributed by atoms with van der Waals surface area (Å²) < 4.78 is 27.6. The molecule has 0 aromatic carbocycles. The second kappa shape index (κ2) is 6.02. The Hall–Kier alpha value is -1.08. The smallest absolute Gasteiger partial charge is 0.232 e. The molecule has 0 bridgehead atoms. The number of rotatable bonds is 7. The molecule has 0 spiro atoms. The molecule has 1 heterocycles. The molecule has 0 fully saturated rings. The molecular weight excluding hydrogens is 240 g/mol. The molecule has 6 nitrogen and oxygen atoms in total. The second-order valence-corrected chi connectivity index (χ2v) is 6.02. The zero-order valence-electron chi connectivity index (χ0n) is 10.5. The zero-order chi connectivity index (χ0) is 12.9. The summed E-state index contributed by atoms with van der Waals surface area (Å²) in [6.07, 6.45) is 3.81. The Morgan fingerprint density at radius 1 is 1.47 bits per heavy atom. The van der Waals surface area contributed by atoms with E-state index in [-0.39, 0.29) is 11.8 Å². The van der Waals surface area contributed by atoms with Gasteiger partial charge in [0.2, 0.25) is 10.0 Å². The molecule has 17 heavy (non-hydrogen) atoms. The van der Waals surface area contributed by atoms with Crippen LogP contribution >= 0.6 is 0 Å². The Morgan fingerprint density at radius 3 is 2.71 bits per heavy atom. The second-order valence-electron chi connectivity index (χ2n) is 4.18. The summed E-state index contributed by atoms with van der Waals surface area (Å²) in [5.74, 6) is 0.112. The summed E-state index contributed by atoms with van der Waals surface area (Å²) in [6.45, 7) is 4.66. The summed E-state index contributed by atoms with van der Waals surface area (Å²) >= 11 is 0. The van der Waals surface area contributed by atoms with Gasteiger partial charge in [-0.15, -0.1) is 0 Å². The van der Waals surface area contributed by atoms with Crippen molar-refractivity contribution < 1.29 is 8.42 Å². The Labute approximate surface area is 102 Å². The van der Waals surface area contributed by atoms with Crippen molar-refractivity contribution in [2.24, 2.45) is 0 Å². The minimum absolute atomic E-state index is 0.112. The molecule has 0 atom stereocenters. The molecule has 1 rings (SSSR count). The van der Waals surface area contributed by atoms with E-state index in [1.54, 1.807) is 17.9 Å².